The van der Waals surface area contributed by atoms with E-state index in [1.165, 1.54) is 12.1 Å². The molecule has 0 bridgehead atoms. The van der Waals surface area contributed by atoms with Gasteiger partial charge in [0.25, 0.3) is 0 Å². The molecule has 2 atom stereocenters. The Morgan fingerprint density at radius 2 is 1.86 bits per heavy atom. The SMILES string of the molecule is CC1CCN(c2ccc(NC(=O)C3CC(=O)N(c4ccccc4Br)C3)cc2)C1. The Bertz CT molecular complexity index is 884. The largest absolute Gasteiger partial charge is 0.371 e. The zero-order valence-electron chi connectivity index (χ0n) is 15.9. The number of anilines is 3. The predicted molar refractivity (Wildman–Crippen MR) is 116 cm³/mol. The lowest BCUT2D eigenvalue weighted by Gasteiger charge is -2.19. The molecule has 1 N–H and O–H groups in total. The fraction of sp³-hybridized carbons (Fsp3) is 0.364. The van der Waals surface area contributed by atoms with Crippen LogP contribution < -0.4 is 15.1 Å². The van der Waals surface area contributed by atoms with Gasteiger partial charge in [-0.2, -0.15) is 0 Å². The van der Waals surface area contributed by atoms with E-state index in [1.54, 1.807) is 4.90 Å². The lowest BCUT2D eigenvalue weighted by molar-refractivity contribution is -0.122. The maximum absolute atomic E-state index is 12.7. The molecule has 5 nitrogen and oxygen atoms in total. The number of halogens is 1. The lowest BCUT2D eigenvalue weighted by Crippen LogP contribution is -2.28. The Labute approximate surface area is 173 Å². The van der Waals surface area contributed by atoms with E-state index in [9.17, 15) is 9.59 Å². The molecule has 2 aliphatic heterocycles. The van der Waals surface area contributed by atoms with Crippen LogP contribution in [-0.2, 0) is 9.59 Å². The number of amides is 2. The zero-order chi connectivity index (χ0) is 19.7. The second-order valence-corrected chi connectivity index (χ2v) is 8.59. The quantitative estimate of drug-likeness (QED) is 0.769. The summed E-state index contributed by atoms with van der Waals surface area (Å²) in [7, 11) is 0. The van der Waals surface area contributed by atoms with Crippen molar-refractivity contribution in [2.45, 2.75) is 19.8 Å². The normalized spacial score (nSPS) is 22.0. The number of hydrogen-bond acceptors (Lipinski definition) is 3. The molecule has 2 aliphatic rings. The van der Waals surface area contributed by atoms with Crippen LogP contribution in [0.1, 0.15) is 19.8 Å². The van der Waals surface area contributed by atoms with Gasteiger partial charge in [-0.3, -0.25) is 9.59 Å². The third kappa shape index (κ3) is 3.92. The van der Waals surface area contributed by atoms with Crippen molar-refractivity contribution in [3.05, 3.63) is 53.0 Å². The summed E-state index contributed by atoms with van der Waals surface area (Å²) in [6, 6.07) is 15.6. The van der Waals surface area contributed by atoms with Gasteiger partial charge in [0.1, 0.15) is 0 Å². The fourth-order valence-corrected chi connectivity index (χ4v) is 4.45. The highest BCUT2D eigenvalue weighted by atomic mass is 79.9. The number of hydrogen-bond donors (Lipinski definition) is 1. The van der Waals surface area contributed by atoms with E-state index >= 15 is 0 Å². The highest BCUT2D eigenvalue weighted by molar-refractivity contribution is 9.10. The average Bonchev–Trinajstić information content (AvgIpc) is 3.29. The maximum atomic E-state index is 12.7. The van der Waals surface area contributed by atoms with Crippen LogP contribution in [0, 0.1) is 11.8 Å². The number of carbonyl (C=O) groups excluding carboxylic acids is 2. The molecule has 0 radical (unpaired) electrons. The van der Waals surface area contributed by atoms with Crippen molar-refractivity contribution in [1.29, 1.82) is 0 Å². The molecular formula is C22H24BrN3O2. The molecule has 28 heavy (non-hydrogen) atoms. The van der Waals surface area contributed by atoms with Gasteiger partial charge in [0.05, 0.1) is 11.6 Å². The predicted octanol–water partition coefficient (Wildman–Crippen LogP) is 4.29. The zero-order valence-corrected chi connectivity index (χ0v) is 17.5. The molecular weight excluding hydrogens is 418 g/mol. The number of benzene rings is 2. The summed E-state index contributed by atoms with van der Waals surface area (Å²) in [6.45, 7) is 4.84. The highest BCUT2D eigenvalue weighted by Crippen LogP contribution is 2.32. The van der Waals surface area contributed by atoms with Crippen molar-refractivity contribution in [3.63, 3.8) is 0 Å². The van der Waals surface area contributed by atoms with Gasteiger partial charge in [-0.15, -0.1) is 0 Å². The van der Waals surface area contributed by atoms with Crippen molar-refractivity contribution in [2.24, 2.45) is 11.8 Å². The van der Waals surface area contributed by atoms with Crippen LogP contribution in [0.3, 0.4) is 0 Å². The van der Waals surface area contributed by atoms with E-state index in [0.717, 1.165) is 34.9 Å². The van der Waals surface area contributed by atoms with Crippen LogP contribution in [-0.4, -0.2) is 31.4 Å². The van der Waals surface area contributed by atoms with Gasteiger partial charge in [-0.1, -0.05) is 19.1 Å². The number of rotatable bonds is 4. The van der Waals surface area contributed by atoms with E-state index in [2.05, 4.69) is 45.2 Å². The second-order valence-electron chi connectivity index (χ2n) is 7.73. The van der Waals surface area contributed by atoms with Crippen molar-refractivity contribution >= 4 is 44.8 Å². The van der Waals surface area contributed by atoms with Crippen LogP contribution in [0.25, 0.3) is 0 Å². The topological polar surface area (TPSA) is 52.7 Å². The number of nitrogens with zero attached hydrogens (tertiary/aromatic N) is 2. The van der Waals surface area contributed by atoms with Crippen LogP contribution in [0.5, 0.6) is 0 Å². The van der Waals surface area contributed by atoms with Gasteiger partial charge in [0.15, 0.2) is 0 Å². The summed E-state index contributed by atoms with van der Waals surface area (Å²) in [5.41, 5.74) is 2.78. The summed E-state index contributed by atoms with van der Waals surface area (Å²) in [5, 5.41) is 2.97. The molecule has 4 rings (SSSR count). The molecule has 0 spiro atoms. The summed E-state index contributed by atoms with van der Waals surface area (Å²) in [6.07, 6.45) is 1.46. The monoisotopic (exact) mass is 441 g/mol. The van der Waals surface area contributed by atoms with Crippen LogP contribution in [0.15, 0.2) is 53.0 Å². The molecule has 0 aliphatic carbocycles. The third-order valence-electron chi connectivity index (χ3n) is 5.56. The van der Waals surface area contributed by atoms with Crippen LogP contribution in [0.2, 0.25) is 0 Å². The smallest absolute Gasteiger partial charge is 0.229 e. The summed E-state index contributed by atoms with van der Waals surface area (Å²) < 4.78 is 0.858. The van der Waals surface area contributed by atoms with Crippen molar-refractivity contribution in [2.75, 3.05) is 34.8 Å². The summed E-state index contributed by atoms with van der Waals surface area (Å²) >= 11 is 3.48. The first-order valence-corrected chi connectivity index (χ1v) is 10.5. The Morgan fingerprint density at radius 1 is 1.11 bits per heavy atom. The van der Waals surface area contributed by atoms with Crippen molar-refractivity contribution < 1.29 is 9.59 Å². The second kappa shape index (κ2) is 7.95. The number of nitrogens with one attached hydrogen (secondary N) is 1. The Hall–Kier alpha value is -2.34. The molecule has 0 saturated carbocycles. The third-order valence-corrected chi connectivity index (χ3v) is 6.23. The molecule has 0 aromatic heterocycles. The molecule has 2 saturated heterocycles. The first-order chi connectivity index (χ1) is 13.5. The maximum Gasteiger partial charge on any atom is 0.229 e. The number of carbonyl (C=O) groups is 2. The summed E-state index contributed by atoms with van der Waals surface area (Å²) in [4.78, 5) is 29.2. The van der Waals surface area contributed by atoms with E-state index in [1.807, 2.05) is 36.4 Å². The van der Waals surface area contributed by atoms with Crippen LogP contribution >= 0.6 is 15.9 Å². The first kappa shape index (κ1) is 19.0. The molecule has 6 heteroatoms. The lowest BCUT2D eigenvalue weighted by atomic mass is 10.1. The molecule has 2 aromatic carbocycles. The first-order valence-electron chi connectivity index (χ1n) is 9.72. The minimum absolute atomic E-state index is 0.0226. The standard InChI is InChI=1S/C22H24BrN3O2/c1-15-10-11-25(13-15)18-8-6-17(7-9-18)24-22(28)16-12-21(27)26(14-16)20-5-3-2-4-19(20)23/h2-9,15-16H,10-14H2,1H3,(H,24,28). The van der Waals surface area contributed by atoms with E-state index in [-0.39, 0.29) is 24.2 Å². The molecule has 2 unspecified atom stereocenters. The molecule has 2 fully saturated rings. The van der Waals surface area contributed by atoms with Gasteiger partial charge in [-0.25, -0.2) is 0 Å². The molecule has 2 heterocycles. The van der Waals surface area contributed by atoms with Crippen LogP contribution in [0.4, 0.5) is 17.1 Å². The minimum Gasteiger partial charge on any atom is -0.371 e. The fourth-order valence-electron chi connectivity index (χ4n) is 3.96. The van der Waals surface area contributed by atoms with E-state index < -0.39 is 0 Å². The molecule has 2 aromatic rings. The average molecular weight is 442 g/mol. The molecule has 2 amide bonds. The van der Waals surface area contributed by atoms with Gasteiger partial charge in [0, 0.05) is 41.9 Å². The van der Waals surface area contributed by atoms with Gasteiger partial charge >= 0.3 is 0 Å². The Balaban J connectivity index is 1.39. The highest BCUT2D eigenvalue weighted by Gasteiger charge is 2.35. The Kier molecular flexibility index (Phi) is 5.40. The van der Waals surface area contributed by atoms with Gasteiger partial charge in [-0.05, 0) is 64.7 Å². The van der Waals surface area contributed by atoms with Gasteiger partial charge in [0.2, 0.25) is 11.8 Å². The van der Waals surface area contributed by atoms with Crippen molar-refractivity contribution in [1.82, 2.24) is 0 Å². The van der Waals surface area contributed by atoms with E-state index in [4.69, 9.17) is 0 Å². The van der Waals surface area contributed by atoms with Gasteiger partial charge < -0.3 is 15.1 Å². The van der Waals surface area contributed by atoms with Crippen molar-refractivity contribution in [3.8, 4) is 0 Å². The Morgan fingerprint density at radius 3 is 2.54 bits per heavy atom. The molecule has 146 valence electrons. The minimum atomic E-state index is -0.348. The summed E-state index contributed by atoms with van der Waals surface area (Å²) in [5.74, 6) is 0.251. The van der Waals surface area contributed by atoms with E-state index in [0.29, 0.717) is 6.54 Å². The number of para-hydroxylation sites is 1.